The van der Waals surface area contributed by atoms with Crippen LogP contribution in [-0.4, -0.2) is 71.2 Å². The number of nitrogens with zero attached hydrogens (tertiary/aromatic N) is 1. The summed E-state index contributed by atoms with van der Waals surface area (Å²) < 4.78 is 28.5. The van der Waals surface area contributed by atoms with Crippen LogP contribution in [0.5, 0.6) is 5.75 Å². The molecule has 144 valence electrons. The number of nitrogens with one attached hydrogen (secondary N) is 2. The van der Waals surface area contributed by atoms with E-state index < -0.39 is 15.4 Å². The number of piperazine rings is 1. The van der Waals surface area contributed by atoms with E-state index in [1.54, 1.807) is 7.11 Å². The molecule has 0 aromatic heterocycles. The second-order valence-electron chi connectivity index (χ2n) is 7.56. The van der Waals surface area contributed by atoms with E-state index in [9.17, 15) is 13.2 Å². The Labute approximate surface area is 155 Å². The average molecular weight is 383 g/mol. The molecule has 26 heavy (non-hydrogen) atoms. The Hall–Kier alpha value is -1.80. The van der Waals surface area contributed by atoms with Crippen molar-refractivity contribution in [1.29, 1.82) is 0 Å². The maximum atomic E-state index is 12.4. The Kier molecular flexibility index (Phi) is 5.43. The van der Waals surface area contributed by atoms with Crippen molar-refractivity contribution in [2.45, 2.75) is 18.9 Å². The molecule has 3 rings (SSSR count). The summed E-state index contributed by atoms with van der Waals surface area (Å²) >= 11 is 0. The van der Waals surface area contributed by atoms with Crippen LogP contribution in [0.4, 0.5) is 5.69 Å². The van der Waals surface area contributed by atoms with E-state index in [4.69, 9.17) is 4.74 Å². The lowest BCUT2D eigenvalue weighted by molar-refractivity contribution is -0.892. The topological polar surface area (TPSA) is 80.2 Å². The Morgan fingerprint density at radius 2 is 1.92 bits per heavy atom. The van der Waals surface area contributed by atoms with Gasteiger partial charge in [-0.2, -0.15) is 0 Å². The first kappa shape index (κ1) is 19.0. The molecule has 7 nitrogen and oxygen atoms in total. The third-order valence-electron chi connectivity index (χ3n) is 5.26. The summed E-state index contributed by atoms with van der Waals surface area (Å²) in [7, 11) is -1.36. The maximum absolute atomic E-state index is 12.4. The van der Waals surface area contributed by atoms with Crippen LogP contribution in [0.25, 0.3) is 0 Å². The summed E-state index contributed by atoms with van der Waals surface area (Å²) in [6.07, 6.45) is 0.502. The summed E-state index contributed by atoms with van der Waals surface area (Å²) in [4.78, 5) is 15.9. The molecule has 2 saturated heterocycles. The van der Waals surface area contributed by atoms with Crippen LogP contribution in [0.3, 0.4) is 0 Å². The van der Waals surface area contributed by atoms with Gasteiger partial charge in [0.15, 0.2) is 16.4 Å². The number of hydrogen-bond acceptors (Lipinski definition) is 5. The number of hydrogen-bond donors (Lipinski definition) is 2. The highest BCUT2D eigenvalue weighted by Crippen LogP contribution is 2.22. The molecule has 8 heteroatoms. The number of ether oxygens (including phenoxy) is 1. The van der Waals surface area contributed by atoms with Crippen LogP contribution in [0.1, 0.15) is 13.3 Å². The quantitative estimate of drug-likeness (QED) is 0.690. The third kappa shape index (κ3) is 4.67. The van der Waals surface area contributed by atoms with Crippen molar-refractivity contribution >= 4 is 21.4 Å². The molecule has 2 aliphatic rings. The smallest absolute Gasteiger partial charge is 0.275 e. The van der Waals surface area contributed by atoms with Gasteiger partial charge in [-0.3, -0.25) is 4.79 Å². The van der Waals surface area contributed by atoms with Gasteiger partial charge in [0.05, 0.1) is 50.3 Å². The monoisotopic (exact) mass is 382 g/mol. The van der Waals surface area contributed by atoms with Crippen LogP contribution in [0.2, 0.25) is 0 Å². The highest BCUT2D eigenvalue weighted by atomic mass is 32.2. The van der Waals surface area contributed by atoms with Gasteiger partial charge in [0.2, 0.25) is 0 Å². The molecule has 0 spiro atoms. The van der Waals surface area contributed by atoms with Gasteiger partial charge in [-0.25, -0.2) is 8.42 Å². The van der Waals surface area contributed by atoms with Crippen LogP contribution in [0.15, 0.2) is 24.3 Å². The zero-order valence-corrected chi connectivity index (χ0v) is 16.3. The normalized spacial score (nSPS) is 25.8. The molecule has 1 amide bonds. The van der Waals surface area contributed by atoms with Gasteiger partial charge in [0.1, 0.15) is 5.75 Å². The number of rotatable bonds is 5. The van der Waals surface area contributed by atoms with E-state index in [0.717, 1.165) is 37.6 Å². The van der Waals surface area contributed by atoms with Gasteiger partial charge in [0, 0.05) is 5.69 Å². The number of methoxy groups -OCH3 is 1. The van der Waals surface area contributed by atoms with Crippen molar-refractivity contribution in [3.8, 4) is 5.75 Å². The van der Waals surface area contributed by atoms with Crippen molar-refractivity contribution in [2.75, 3.05) is 56.2 Å². The predicted molar refractivity (Wildman–Crippen MR) is 101 cm³/mol. The Morgan fingerprint density at radius 3 is 2.46 bits per heavy atom. The summed E-state index contributed by atoms with van der Waals surface area (Å²) in [5.74, 6) is 0.998. The minimum atomic E-state index is -3.01. The molecule has 1 atom stereocenters. The highest BCUT2D eigenvalue weighted by Gasteiger charge is 2.40. The molecule has 0 bridgehead atoms. The molecule has 2 N–H and O–H groups in total. The van der Waals surface area contributed by atoms with Gasteiger partial charge in [0.25, 0.3) is 5.91 Å². The number of carbonyl (C=O) groups excluding carboxylic acids is 1. The van der Waals surface area contributed by atoms with E-state index in [2.05, 4.69) is 22.3 Å². The molecule has 1 aromatic carbocycles. The highest BCUT2D eigenvalue weighted by molar-refractivity contribution is 7.91. The van der Waals surface area contributed by atoms with Gasteiger partial charge in [-0.15, -0.1) is 0 Å². The first-order chi connectivity index (χ1) is 12.3. The van der Waals surface area contributed by atoms with Crippen LogP contribution in [0, 0.1) is 0 Å². The molecule has 0 aliphatic carbocycles. The summed E-state index contributed by atoms with van der Waals surface area (Å²) in [6.45, 7) is 5.77. The van der Waals surface area contributed by atoms with Gasteiger partial charge < -0.3 is 19.9 Å². The molecular formula is C18H28N3O4S+. The number of benzene rings is 1. The summed E-state index contributed by atoms with van der Waals surface area (Å²) in [5.41, 5.74) is 0.554. The van der Waals surface area contributed by atoms with E-state index in [-0.39, 0.29) is 17.4 Å². The van der Waals surface area contributed by atoms with Gasteiger partial charge >= 0.3 is 0 Å². The van der Waals surface area contributed by atoms with Gasteiger partial charge in [-0.05, 0) is 37.6 Å². The first-order valence-electron chi connectivity index (χ1n) is 9.03. The third-order valence-corrected chi connectivity index (χ3v) is 7.17. The average Bonchev–Trinajstić information content (AvgIpc) is 2.88. The number of amides is 1. The lowest BCUT2D eigenvalue weighted by Crippen LogP contribution is -3.16. The fraction of sp³-hybridized carbons (Fsp3) is 0.611. The van der Waals surface area contributed by atoms with E-state index in [0.29, 0.717) is 13.0 Å². The van der Waals surface area contributed by atoms with Crippen molar-refractivity contribution < 1.29 is 22.8 Å². The minimum absolute atomic E-state index is 0.0479. The number of quaternary nitrogens is 1. The van der Waals surface area contributed by atoms with Crippen LogP contribution < -0.4 is 19.9 Å². The molecule has 0 radical (unpaired) electrons. The van der Waals surface area contributed by atoms with Crippen molar-refractivity contribution in [2.24, 2.45) is 0 Å². The standard InChI is InChI=1S/C18H27N3O4S/c1-18(7-12-26(23,24)14-18)19-17(22)13-20-8-10-21(11-9-20)15-3-5-16(25-2)6-4-15/h3-6H,7-14H2,1-2H3,(H,19,22)/p+1/t18-/m1/s1. The van der Waals surface area contributed by atoms with Crippen molar-refractivity contribution in [3.63, 3.8) is 0 Å². The van der Waals surface area contributed by atoms with Crippen molar-refractivity contribution in [3.05, 3.63) is 24.3 Å². The lowest BCUT2D eigenvalue weighted by atomic mass is 10.0. The number of anilines is 1. The largest absolute Gasteiger partial charge is 0.497 e. The second-order valence-corrected chi connectivity index (χ2v) is 9.75. The molecule has 2 aliphatic heterocycles. The van der Waals surface area contributed by atoms with Crippen LogP contribution in [-0.2, 0) is 14.6 Å². The van der Waals surface area contributed by atoms with E-state index >= 15 is 0 Å². The molecule has 0 saturated carbocycles. The van der Waals surface area contributed by atoms with E-state index in [1.807, 2.05) is 19.1 Å². The summed E-state index contributed by atoms with van der Waals surface area (Å²) in [6, 6.07) is 8.02. The maximum Gasteiger partial charge on any atom is 0.275 e. The molecule has 1 aromatic rings. The molecule has 2 fully saturated rings. The van der Waals surface area contributed by atoms with Crippen molar-refractivity contribution in [1.82, 2.24) is 5.32 Å². The molecule has 0 unspecified atom stereocenters. The second kappa shape index (κ2) is 7.44. The summed E-state index contributed by atoms with van der Waals surface area (Å²) in [5, 5.41) is 2.95. The van der Waals surface area contributed by atoms with Gasteiger partial charge in [-0.1, -0.05) is 0 Å². The predicted octanol–water partition coefficient (Wildman–Crippen LogP) is -0.906. The fourth-order valence-electron chi connectivity index (χ4n) is 3.77. The number of carbonyl (C=O) groups is 1. The Balaban J connectivity index is 1.47. The Morgan fingerprint density at radius 1 is 1.27 bits per heavy atom. The lowest BCUT2D eigenvalue weighted by Gasteiger charge is -2.34. The zero-order valence-electron chi connectivity index (χ0n) is 15.5. The number of sulfone groups is 1. The minimum Gasteiger partial charge on any atom is -0.497 e. The van der Waals surface area contributed by atoms with E-state index in [1.165, 1.54) is 4.90 Å². The molecule has 2 heterocycles. The van der Waals surface area contributed by atoms with Crippen LogP contribution >= 0.6 is 0 Å². The zero-order chi connectivity index (χ0) is 18.8. The molecular weight excluding hydrogens is 354 g/mol. The first-order valence-corrected chi connectivity index (χ1v) is 10.8. The Bertz CT molecular complexity index is 742. The fourth-order valence-corrected chi connectivity index (χ4v) is 5.86. The SMILES string of the molecule is COc1ccc(N2CC[NH+](CC(=O)N[C@]3(C)CCS(=O)(=O)C3)CC2)cc1.